The van der Waals surface area contributed by atoms with E-state index in [1.54, 1.807) is 18.3 Å². The minimum atomic E-state index is -3.13. The highest BCUT2D eigenvalue weighted by Gasteiger charge is 2.62. The van der Waals surface area contributed by atoms with Crippen molar-refractivity contribution in [3.63, 3.8) is 0 Å². The maximum atomic E-state index is 11.5. The molecule has 2 aromatic rings. The summed E-state index contributed by atoms with van der Waals surface area (Å²) in [6.45, 7) is 0.974. The number of aliphatic hydroxyl groups is 1. The molecule has 1 spiro atoms. The summed E-state index contributed by atoms with van der Waals surface area (Å²) in [4.78, 5) is 0. The second-order valence-electron chi connectivity index (χ2n) is 6.70. The summed E-state index contributed by atoms with van der Waals surface area (Å²) in [5.74, 6) is 0. The Hall–Kier alpha value is -1.15. The van der Waals surface area contributed by atoms with E-state index in [2.05, 4.69) is 10.2 Å². The molecule has 1 aliphatic carbocycles. The van der Waals surface area contributed by atoms with E-state index in [0.717, 1.165) is 16.5 Å². The number of hydrogen-bond acceptors (Lipinski definition) is 4. The van der Waals surface area contributed by atoms with Gasteiger partial charge in [0.1, 0.15) is 0 Å². The van der Waals surface area contributed by atoms with Crippen molar-refractivity contribution < 1.29 is 13.5 Å². The predicted molar refractivity (Wildman–Crippen MR) is 83.1 cm³/mol. The van der Waals surface area contributed by atoms with Gasteiger partial charge in [0.2, 0.25) is 10.0 Å². The quantitative estimate of drug-likeness (QED) is 0.865. The zero-order valence-electron chi connectivity index (χ0n) is 12.0. The number of aromatic amines is 1. The summed E-state index contributed by atoms with van der Waals surface area (Å²) in [6, 6.07) is 3.57. The van der Waals surface area contributed by atoms with Gasteiger partial charge in [0.15, 0.2) is 0 Å². The molecule has 2 heterocycles. The molecule has 2 N–H and O–H groups in total. The lowest BCUT2D eigenvalue weighted by molar-refractivity contribution is -0.176. The van der Waals surface area contributed by atoms with Crippen LogP contribution in [0.5, 0.6) is 0 Å². The molecule has 2 aliphatic rings. The molecule has 4 rings (SSSR count). The average molecular weight is 342 g/mol. The molecule has 0 bridgehead atoms. The van der Waals surface area contributed by atoms with E-state index >= 15 is 0 Å². The highest BCUT2D eigenvalue weighted by molar-refractivity contribution is 7.88. The standard InChI is InChI=1S/C14H16ClN3O3S/c1-22(20,21)18-7-13(8-18)5-14(19,6-13)11-3-10(15)2-9-4-16-17-12(9)11/h2-4,19H,5-8H2,1H3,(H,16,17). The number of halogens is 1. The van der Waals surface area contributed by atoms with E-state index in [1.165, 1.54) is 10.6 Å². The maximum absolute atomic E-state index is 11.5. The number of hydrogen-bond donors (Lipinski definition) is 2. The van der Waals surface area contributed by atoms with Gasteiger partial charge in [-0.25, -0.2) is 12.7 Å². The first-order valence-electron chi connectivity index (χ1n) is 7.02. The average Bonchev–Trinajstić information content (AvgIpc) is 2.77. The summed E-state index contributed by atoms with van der Waals surface area (Å²) in [5, 5.41) is 19.3. The summed E-state index contributed by atoms with van der Waals surface area (Å²) >= 11 is 6.13. The van der Waals surface area contributed by atoms with Crippen molar-refractivity contribution in [2.24, 2.45) is 5.41 Å². The molecule has 0 unspecified atom stereocenters. The molecule has 1 saturated heterocycles. The fourth-order valence-corrected chi connectivity index (χ4v) is 5.17. The molecule has 6 nitrogen and oxygen atoms in total. The van der Waals surface area contributed by atoms with Crippen molar-refractivity contribution >= 4 is 32.5 Å². The van der Waals surface area contributed by atoms with Crippen molar-refractivity contribution in [2.75, 3.05) is 19.3 Å². The molecule has 1 aromatic heterocycles. The fourth-order valence-electron chi connectivity index (χ4n) is 3.93. The van der Waals surface area contributed by atoms with E-state index < -0.39 is 15.6 Å². The summed E-state index contributed by atoms with van der Waals surface area (Å²) in [7, 11) is -3.13. The molecular weight excluding hydrogens is 326 g/mol. The Kier molecular flexibility index (Phi) is 2.77. The Morgan fingerprint density at radius 2 is 2.05 bits per heavy atom. The van der Waals surface area contributed by atoms with E-state index in [9.17, 15) is 13.5 Å². The van der Waals surface area contributed by atoms with Crippen LogP contribution < -0.4 is 0 Å². The molecule has 0 amide bonds. The third kappa shape index (κ3) is 2.00. The number of sulfonamides is 1. The lowest BCUT2D eigenvalue weighted by Gasteiger charge is -2.61. The minimum Gasteiger partial charge on any atom is -0.385 e. The topological polar surface area (TPSA) is 86.3 Å². The van der Waals surface area contributed by atoms with Crippen LogP contribution in [-0.2, 0) is 15.6 Å². The second kappa shape index (κ2) is 4.23. The summed E-state index contributed by atoms with van der Waals surface area (Å²) in [5.41, 5.74) is 0.461. The van der Waals surface area contributed by atoms with Gasteiger partial charge in [0.05, 0.1) is 23.6 Å². The van der Waals surface area contributed by atoms with Crippen molar-refractivity contribution in [2.45, 2.75) is 18.4 Å². The first kappa shape index (κ1) is 14.4. The van der Waals surface area contributed by atoms with Crippen LogP contribution in [-0.4, -0.2) is 47.4 Å². The second-order valence-corrected chi connectivity index (χ2v) is 9.12. The van der Waals surface area contributed by atoms with Gasteiger partial charge < -0.3 is 5.11 Å². The maximum Gasteiger partial charge on any atom is 0.211 e. The minimum absolute atomic E-state index is 0.105. The number of fused-ring (bicyclic) bond motifs is 1. The third-order valence-electron chi connectivity index (χ3n) is 4.84. The van der Waals surface area contributed by atoms with Gasteiger partial charge in [0.25, 0.3) is 0 Å². The Balaban J connectivity index is 1.61. The zero-order chi connectivity index (χ0) is 15.8. The largest absolute Gasteiger partial charge is 0.385 e. The van der Waals surface area contributed by atoms with Crippen LogP contribution in [0.2, 0.25) is 5.02 Å². The molecule has 8 heteroatoms. The normalized spacial score (nSPS) is 23.4. The fraction of sp³-hybridized carbons (Fsp3) is 0.500. The Labute approximate surface area is 133 Å². The first-order valence-corrected chi connectivity index (χ1v) is 9.24. The van der Waals surface area contributed by atoms with E-state index in [4.69, 9.17) is 11.6 Å². The van der Waals surface area contributed by atoms with Gasteiger partial charge in [-0.15, -0.1) is 0 Å². The number of benzene rings is 1. The van der Waals surface area contributed by atoms with Gasteiger partial charge >= 0.3 is 0 Å². The van der Waals surface area contributed by atoms with Gasteiger partial charge in [-0.2, -0.15) is 5.10 Å². The summed E-state index contributed by atoms with van der Waals surface area (Å²) < 4.78 is 24.4. The molecule has 0 radical (unpaired) electrons. The SMILES string of the molecule is CS(=O)(=O)N1CC2(C1)CC(O)(c1cc(Cl)cc3cn[nH]c13)C2. The smallest absolute Gasteiger partial charge is 0.211 e. The molecule has 1 aliphatic heterocycles. The lowest BCUT2D eigenvalue weighted by atomic mass is 9.54. The molecule has 1 saturated carbocycles. The third-order valence-corrected chi connectivity index (χ3v) is 6.26. The summed E-state index contributed by atoms with van der Waals surface area (Å²) in [6.07, 6.45) is 3.98. The van der Waals surface area contributed by atoms with Crippen LogP contribution in [0.1, 0.15) is 18.4 Å². The van der Waals surface area contributed by atoms with Gasteiger partial charge in [-0.05, 0) is 25.0 Å². The zero-order valence-corrected chi connectivity index (χ0v) is 13.6. The molecule has 118 valence electrons. The molecule has 22 heavy (non-hydrogen) atoms. The number of aromatic nitrogens is 2. The monoisotopic (exact) mass is 341 g/mol. The van der Waals surface area contributed by atoms with Gasteiger partial charge in [-0.1, -0.05) is 11.6 Å². The Morgan fingerprint density at radius 3 is 2.68 bits per heavy atom. The van der Waals surface area contributed by atoms with Crippen LogP contribution in [0.3, 0.4) is 0 Å². The van der Waals surface area contributed by atoms with E-state index in [1.807, 2.05) is 0 Å². The molecular formula is C14H16ClN3O3S. The number of nitrogens with one attached hydrogen (secondary N) is 1. The number of H-pyrrole nitrogens is 1. The predicted octanol–water partition coefficient (Wildman–Crippen LogP) is 1.46. The number of rotatable bonds is 2. The molecule has 1 aromatic carbocycles. The Bertz CT molecular complexity index is 863. The van der Waals surface area contributed by atoms with Crippen molar-refractivity contribution in [3.8, 4) is 0 Å². The Morgan fingerprint density at radius 1 is 1.36 bits per heavy atom. The number of nitrogens with zero attached hydrogens (tertiary/aromatic N) is 2. The van der Waals surface area contributed by atoms with Crippen LogP contribution in [0.25, 0.3) is 10.9 Å². The molecule has 0 atom stereocenters. The van der Waals surface area contributed by atoms with E-state index in [-0.39, 0.29) is 5.41 Å². The van der Waals surface area contributed by atoms with Crippen LogP contribution in [0, 0.1) is 5.41 Å². The van der Waals surface area contributed by atoms with Crippen molar-refractivity contribution in [1.82, 2.24) is 14.5 Å². The van der Waals surface area contributed by atoms with Gasteiger partial charge in [-0.3, -0.25) is 5.10 Å². The van der Waals surface area contributed by atoms with Crippen LogP contribution in [0.15, 0.2) is 18.3 Å². The van der Waals surface area contributed by atoms with Crippen molar-refractivity contribution in [1.29, 1.82) is 0 Å². The first-order chi connectivity index (χ1) is 10.2. The lowest BCUT2D eigenvalue weighted by Crippen LogP contribution is -2.67. The van der Waals surface area contributed by atoms with E-state index in [0.29, 0.717) is 31.0 Å². The molecule has 2 fully saturated rings. The highest BCUT2D eigenvalue weighted by atomic mass is 35.5. The van der Waals surface area contributed by atoms with Crippen LogP contribution >= 0.6 is 11.6 Å². The van der Waals surface area contributed by atoms with Gasteiger partial charge in [0, 0.05) is 34.5 Å². The van der Waals surface area contributed by atoms with Crippen molar-refractivity contribution in [3.05, 3.63) is 28.9 Å². The van der Waals surface area contributed by atoms with Crippen LogP contribution in [0.4, 0.5) is 0 Å². The highest BCUT2D eigenvalue weighted by Crippen LogP contribution is 2.59.